The van der Waals surface area contributed by atoms with Crippen molar-refractivity contribution in [2.24, 2.45) is 5.92 Å². The molecule has 1 aliphatic heterocycles. The topological polar surface area (TPSA) is 9.23 Å². The lowest BCUT2D eigenvalue weighted by Crippen LogP contribution is -1.95. The largest absolute Gasteiger partial charge is 0.381 e. The van der Waals surface area contributed by atoms with Crippen LogP contribution in [-0.2, 0) is 4.74 Å². The van der Waals surface area contributed by atoms with Crippen molar-refractivity contribution in [2.75, 3.05) is 19.1 Å². The predicted octanol–water partition coefficient (Wildman–Crippen LogP) is 2.21. The zero-order valence-corrected chi connectivity index (χ0v) is 7.03. The van der Waals surface area contributed by atoms with Gasteiger partial charge < -0.3 is 4.74 Å². The molecule has 1 atom stereocenters. The molecule has 58 valence electrons. The van der Waals surface area contributed by atoms with Gasteiger partial charge in [-0.1, -0.05) is 11.6 Å². The Morgan fingerprint density at radius 3 is 3.10 bits per heavy atom. The van der Waals surface area contributed by atoms with Gasteiger partial charge in [-0.15, -0.1) is 11.6 Å². The number of hydrogen-bond donors (Lipinski definition) is 0. The summed E-state index contributed by atoms with van der Waals surface area (Å²) in [5, 5.41) is 0. The summed E-state index contributed by atoms with van der Waals surface area (Å²) in [4.78, 5) is 0. The van der Waals surface area contributed by atoms with Gasteiger partial charge in [-0.05, 0) is 13.3 Å². The van der Waals surface area contributed by atoms with E-state index >= 15 is 0 Å². The molecular weight excluding hydrogens is 148 g/mol. The maximum atomic E-state index is 5.62. The molecule has 1 nitrogen and oxygen atoms in total. The molecule has 0 N–H and O–H groups in total. The normalized spacial score (nSPS) is 27.4. The minimum absolute atomic E-state index is 0.624. The van der Waals surface area contributed by atoms with E-state index in [0.29, 0.717) is 11.8 Å². The molecule has 2 heteroatoms. The lowest BCUT2D eigenvalue weighted by molar-refractivity contribution is 0.191. The van der Waals surface area contributed by atoms with Gasteiger partial charge in [-0.25, -0.2) is 0 Å². The molecule has 0 aromatic heterocycles. The van der Waals surface area contributed by atoms with Crippen molar-refractivity contribution >= 4 is 11.6 Å². The fraction of sp³-hybridized carbons (Fsp3) is 0.750. The van der Waals surface area contributed by atoms with Crippen molar-refractivity contribution in [2.45, 2.75) is 13.3 Å². The molecule has 0 spiro atoms. The van der Waals surface area contributed by atoms with Gasteiger partial charge in [0.05, 0.1) is 6.61 Å². The van der Waals surface area contributed by atoms with Gasteiger partial charge in [0.2, 0.25) is 0 Å². The molecule has 0 bridgehead atoms. The molecule has 0 radical (unpaired) electrons. The first-order valence-electron chi connectivity index (χ1n) is 3.64. The third-order valence-corrected chi connectivity index (χ3v) is 2.12. The van der Waals surface area contributed by atoms with Crippen LogP contribution in [0.5, 0.6) is 0 Å². The SMILES string of the molecule is CC(=CC1CCOC1)CCl. The van der Waals surface area contributed by atoms with Crippen LogP contribution in [-0.4, -0.2) is 19.1 Å². The van der Waals surface area contributed by atoms with Crippen LogP contribution in [0.3, 0.4) is 0 Å². The standard InChI is InChI=1S/C8H13ClO/c1-7(5-9)4-8-2-3-10-6-8/h4,8H,2-3,5-6H2,1H3. The van der Waals surface area contributed by atoms with Crippen LogP contribution in [0.15, 0.2) is 11.6 Å². The van der Waals surface area contributed by atoms with Crippen molar-refractivity contribution in [3.63, 3.8) is 0 Å². The van der Waals surface area contributed by atoms with E-state index in [1.54, 1.807) is 0 Å². The van der Waals surface area contributed by atoms with E-state index in [0.717, 1.165) is 19.6 Å². The quantitative estimate of drug-likeness (QED) is 0.445. The van der Waals surface area contributed by atoms with Gasteiger partial charge in [-0.3, -0.25) is 0 Å². The summed E-state index contributed by atoms with van der Waals surface area (Å²) in [6, 6.07) is 0. The highest BCUT2D eigenvalue weighted by Crippen LogP contribution is 2.15. The predicted molar refractivity (Wildman–Crippen MR) is 43.4 cm³/mol. The maximum Gasteiger partial charge on any atom is 0.0529 e. The second kappa shape index (κ2) is 3.99. The molecular formula is C8H13ClO. The van der Waals surface area contributed by atoms with E-state index in [-0.39, 0.29) is 0 Å². The minimum Gasteiger partial charge on any atom is -0.381 e. The highest BCUT2D eigenvalue weighted by Gasteiger charge is 2.12. The number of hydrogen-bond acceptors (Lipinski definition) is 1. The maximum absolute atomic E-state index is 5.62. The second-order valence-corrected chi connectivity index (χ2v) is 3.04. The molecule has 1 fully saturated rings. The van der Waals surface area contributed by atoms with Crippen molar-refractivity contribution in [3.05, 3.63) is 11.6 Å². The van der Waals surface area contributed by atoms with Gasteiger partial charge >= 0.3 is 0 Å². The van der Waals surface area contributed by atoms with Crippen LogP contribution in [0.1, 0.15) is 13.3 Å². The van der Waals surface area contributed by atoms with E-state index in [2.05, 4.69) is 13.0 Å². The monoisotopic (exact) mass is 160 g/mol. The summed E-state index contributed by atoms with van der Waals surface area (Å²) in [7, 11) is 0. The Morgan fingerprint density at radius 2 is 2.60 bits per heavy atom. The van der Waals surface area contributed by atoms with Crippen molar-refractivity contribution < 1.29 is 4.74 Å². The first-order valence-corrected chi connectivity index (χ1v) is 4.17. The van der Waals surface area contributed by atoms with Crippen LogP contribution < -0.4 is 0 Å². The summed E-state index contributed by atoms with van der Waals surface area (Å²) in [6.07, 6.45) is 3.38. The Labute approximate surface area is 67.0 Å². The van der Waals surface area contributed by atoms with E-state index in [4.69, 9.17) is 16.3 Å². The van der Waals surface area contributed by atoms with Crippen molar-refractivity contribution in [3.8, 4) is 0 Å². The summed E-state index contributed by atoms with van der Waals surface area (Å²) >= 11 is 5.62. The van der Waals surface area contributed by atoms with E-state index < -0.39 is 0 Å². The van der Waals surface area contributed by atoms with E-state index in [9.17, 15) is 0 Å². The number of allylic oxidation sites excluding steroid dienone is 1. The summed E-state index contributed by atoms with van der Waals surface area (Å²) in [5.74, 6) is 1.27. The molecule has 1 heterocycles. The average Bonchev–Trinajstić information content (AvgIpc) is 2.40. The van der Waals surface area contributed by atoms with Gasteiger partial charge in [-0.2, -0.15) is 0 Å². The van der Waals surface area contributed by atoms with E-state index in [1.165, 1.54) is 5.57 Å². The van der Waals surface area contributed by atoms with Gasteiger partial charge in [0.15, 0.2) is 0 Å². The molecule has 1 unspecified atom stereocenters. The molecule has 0 amide bonds. The number of rotatable bonds is 2. The van der Waals surface area contributed by atoms with Crippen LogP contribution in [0.2, 0.25) is 0 Å². The van der Waals surface area contributed by atoms with Gasteiger partial charge in [0, 0.05) is 18.4 Å². The Morgan fingerprint density at radius 1 is 1.80 bits per heavy atom. The summed E-state index contributed by atoms with van der Waals surface area (Å²) in [5.41, 5.74) is 1.26. The molecule has 1 saturated heterocycles. The molecule has 0 saturated carbocycles. The van der Waals surface area contributed by atoms with Crippen LogP contribution in [0, 0.1) is 5.92 Å². The lowest BCUT2D eigenvalue weighted by atomic mass is 10.1. The Bertz CT molecular complexity index is 125. The fourth-order valence-corrected chi connectivity index (χ4v) is 1.22. The molecule has 0 aliphatic carbocycles. The Hall–Kier alpha value is -0.0100. The Kier molecular flexibility index (Phi) is 3.23. The number of alkyl halides is 1. The first kappa shape index (κ1) is 8.09. The third-order valence-electron chi connectivity index (χ3n) is 1.70. The van der Waals surface area contributed by atoms with Gasteiger partial charge in [0.1, 0.15) is 0 Å². The van der Waals surface area contributed by atoms with Crippen LogP contribution in [0.4, 0.5) is 0 Å². The van der Waals surface area contributed by atoms with E-state index in [1.807, 2.05) is 0 Å². The molecule has 0 aromatic carbocycles. The third kappa shape index (κ3) is 2.31. The lowest BCUT2D eigenvalue weighted by Gasteiger charge is -2.00. The second-order valence-electron chi connectivity index (χ2n) is 2.77. The number of halogens is 1. The minimum atomic E-state index is 0.624. The highest BCUT2D eigenvalue weighted by molar-refractivity contribution is 6.19. The zero-order chi connectivity index (χ0) is 7.40. The molecule has 0 aromatic rings. The average molecular weight is 161 g/mol. The number of ether oxygens (including phenoxy) is 1. The molecule has 1 aliphatic rings. The van der Waals surface area contributed by atoms with Crippen LogP contribution >= 0.6 is 11.6 Å². The molecule has 10 heavy (non-hydrogen) atoms. The Balaban J connectivity index is 2.34. The highest BCUT2D eigenvalue weighted by atomic mass is 35.5. The van der Waals surface area contributed by atoms with Crippen molar-refractivity contribution in [1.29, 1.82) is 0 Å². The van der Waals surface area contributed by atoms with Crippen molar-refractivity contribution in [1.82, 2.24) is 0 Å². The zero-order valence-electron chi connectivity index (χ0n) is 6.27. The molecule has 1 rings (SSSR count). The fourth-order valence-electron chi connectivity index (χ4n) is 1.13. The summed E-state index contributed by atoms with van der Waals surface area (Å²) in [6.45, 7) is 3.86. The van der Waals surface area contributed by atoms with Crippen LogP contribution in [0.25, 0.3) is 0 Å². The van der Waals surface area contributed by atoms with Gasteiger partial charge in [0.25, 0.3) is 0 Å². The smallest absolute Gasteiger partial charge is 0.0529 e. The first-order chi connectivity index (χ1) is 4.83. The summed E-state index contributed by atoms with van der Waals surface area (Å²) < 4.78 is 5.21.